The van der Waals surface area contributed by atoms with Gasteiger partial charge >= 0.3 is 12.1 Å². The number of hydrogen-bond donors (Lipinski definition) is 1. The lowest BCUT2D eigenvalue weighted by molar-refractivity contribution is -0.187. The molecule has 0 amide bonds. The molecule has 1 aliphatic heterocycles. The largest absolute Gasteiger partial charge is 0.481 e. The summed E-state index contributed by atoms with van der Waals surface area (Å²) in [6.45, 7) is -1.53. The summed E-state index contributed by atoms with van der Waals surface area (Å²) in [7, 11) is -4.07. The van der Waals surface area contributed by atoms with Gasteiger partial charge in [-0.05, 0) is 11.4 Å². The molecule has 1 aliphatic rings. The third-order valence-electron chi connectivity index (χ3n) is 3.11. The molecule has 20 heavy (non-hydrogen) atoms. The highest BCUT2D eigenvalue weighted by Gasteiger charge is 2.55. The van der Waals surface area contributed by atoms with Crippen LogP contribution in [0.2, 0.25) is 0 Å². The molecule has 0 aliphatic carbocycles. The third kappa shape index (κ3) is 2.67. The molecule has 1 aromatic heterocycles. The van der Waals surface area contributed by atoms with Gasteiger partial charge in [0, 0.05) is 13.1 Å². The zero-order valence-corrected chi connectivity index (χ0v) is 11.5. The first-order chi connectivity index (χ1) is 9.14. The summed E-state index contributed by atoms with van der Waals surface area (Å²) in [5, 5.41) is 10.3. The van der Waals surface area contributed by atoms with E-state index in [9.17, 15) is 26.4 Å². The van der Waals surface area contributed by atoms with E-state index < -0.39 is 47.1 Å². The van der Waals surface area contributed by atoms with E-state index in [2.05, 4.69) is 0 Å². The Labute approximate surface area is 116 Å². The van der Waals surface area contributed by atoms with Gasteiger partial charge in [0.1, 0.15) is 4.21 Å². The van der Waals surface area contributed by atoms with Crippen LogP contribution in [0.25, 0.3) is 0 Å². The van der Waals surface area contributed by atoms with Crippen LogP contribution in [0.1, 0.15) is 0 Å². The summed E-state index contributed by atoms with van der Waals surface area (Å²) < 4.78 is 63.1. The Balaban J connectivity index is 2.31. The fourth-order valence-electron chi connectivity index (χ4n) is 2.08. The smallest absolute Gasteiger partial charge is 0.393 e. The molecule has 0 unspecified atom stereocenters. The molecular formula is C10H10F3NO4S2. The third-order valence-corrected chi connectivity index (χ3v) is 6.32. The average molecular weight is 329 g/mol. The Bertz CT molecular complexity index is 597. The second-order valence-electron chi connectivity index (χ2n) is 4.35. The molecule has 0 saturated carbocycles. The van der Waals surface area contributed by atoms with Crippen LogP contribution >= 0.6 is 11.3 Å². The molecule has 1 fully saturated rings. The minimum Gasteiger partial charge on any atom is -0.481 e. The van der Waals surface area contributed by atoms with Gasteiger partial charge in [-0.2, -0.15) is 17.5 Å². The van der Waals surface area contributed by atoms with E-state index in [1.807, 2.05) is 0 Å². The van der Waals surface area contributed by atoms with E-state index in [-0.39, 0.29) is 4.21 Å². The highest BCUT2D eigenvalue weighted by Crippen LogP contribution is 2.40. The first-order valence-corrected chi connectivity index (χ1v) is 7.79. The number of rotatable bonds is 3. The van der Waals surface area contributed by atoms with Crippen LogP contribution in [0.15, 0.2) is 21.7 Å². The van der Waals surface area contributed by atoms with Gasteiger partial charge in [0.05, 0.1) is 11.8 Å². The van der Waals surface area contributed by atoms with Crippen molar-refractivity contribution >= 4 is 27.3 Å². The molecule has 1 aromatic rings. The first-order valence-electron chi connectivity index (χ1n) is 5.47. The highest BCUT2D eigenvalue weighted by molar-refractivity contribution is 7.91. The minimum atomic E-state index is -4.75. The van der Waals surface area contributed by atoms with E-state index in [1.54, 1.807) is 0 Å². The number of carboxylic acid groups (broad SMARTS) is 1. The summed E-state index contributed by atoms with van der Waals surface area (Å²) in [6, 6.07) is 2.74. The lowest BCUT2D eigenvalue weighted by Gasteiger charge is -2.18. The number of halogens is 3. The van der Waals surface area contributed by atoms with Crippen LogP contribution in [0.3, 0.4) is 0 Å². The number of sulfonamides is 1. The zero-order valence-electron chi connectivity index (χ0n) is 9.87. The van der Waals surface area contributed by atoms with Crippen molar-refractivity contribution in [3.05, 3.63) is 17.5 Å². The number of aliphatic carboxylic acids is 1. The van der Waals surface area contributed by atoms with E-state index in [1.165, 1.54) is 17.5 Å². The van der Waals surface area contributed by atoms with Crippen LogP contribution < -0.4 is 0 Å². The number of hydrogen-bond acceptors (Lipinski definition) is 4. The molecule has 2 rings (SSSR count). The number of nitrogens with zero attached hydrogens (tertiary/aromatic N) is 1. The summed E-state index contributed by atoms with van der Waals surface area (Å²) in [4.78, 5) is 10.9. The van der Waals surface area contributed by atoms with E-state index in [0.717, 1.165) is 11.3 Å². The summed E-state index contributed by atoms with van der Waals surface area (Å²) in [5.41, 5.74) is 0. The monoisotopic (exact) mass is 329 g/mol. The van der Waals surface area contributed by atoms with Crippen LogP contribution in [-0.2, 0) is 14.8 Å². The first kappa shape index (κ1) is 15.3. The standard InChI is InChI=1S/C10H10F3NO4S2/c11-10(12,13)7-5-14(4-6(7)9(15)16)20(17,18)8-2-1-3-19-8/h1-3,6-7H,4-5H2,(H,15,16)/t6-,7-/m1/s1. The van der Waals surface area contributed by atoms with Gasteiger partial charge < -0.3 is 5.11 Å². The van der Waals surface area contributed by atoms with Crippen LogP contribution in [0, 0.1) is 11.8 Å². The van der Waals surface area contributed by atoms with E-state index in [4.69, 9.17) is 5.11 Å². The Kier molecular flexibility index (Phi) is 3.82. The molecule has 2 heterocycles. The van der Waals surface area contributed by atoms with E-state index >= 15 is 0 Å². The molecule has 112 valence electrons. The molecule has 1 saturated heterocycles. The molecular weight excluding hydrogens is 319 g/mol. The van der Waals surface area contributed by atoms with Gasteiger partial charge in [-0.1, -0.05) is 6.07 Å². The molecule has 2 atom stereocenters. The maximum absolute atomic E-state index is 12.8. The number of alkyl halides is 3. The fourth-order valence-corrected chi connectivity index (χ4v) is 4.72. The predicted molar refractivity (Wildman–Crippen MR) is 63.7 cm³/mol. The van der Waals surface area contributed by atoms with Crippen molar-refractivity contribution in [3.63, 3.8) is 0 Å². The zero-order chi connectivity index (χ0) is 15.1. The fraction of sp³-hybridized carbons (Fsp3) is 0.500. The second kappa shape index (κ2) is 5.01. The van der Waals surface area contributed by atoms with Gasteiger partial charge in [0.2, 0.25) is 0 Å². The quantitative estimate of drug-likeness (QED) is 0.915. The van der Waals surface area contributed by atoms with Gasteiger partial charge in [0.15, 0.2) is 0 Å². The lowest BCUT2D eigenvalue weighted by atomic mass is 9.96. The topological polar surface area (TPSA) is 74.7 Å². The molecule has 0 aromatic carbocycles. The van der Waals surface area contributed by atoms with Crippen molar-refractivity contribution in [2.24, 2.45) is 11.8 Å². The number of thiophene rings is 1. The molecule has 1 N–H and O–H groups in total. The molecule has 10 heteroatoms. The van der Waals surface area contributed by atoms with Crippen LogP contribution in [0.4, 0.5) is 13.2 Å². The van der Waals surface area contributed by atoms with Crippen molar-refractivity contribution in [2.75, 3.05) is 13.1 Å². The predicted octanol–water partition coefficient (Wildman–Crippen LogP) is 1.63. The molecule has 5 nitrogen and oxygen atoms in total. The Morgan fingerprint density at radius 1 is 1.40 bits per heavy atom. The maximum Gasteiger partial charge on any atom is 0.393 e. The lowest BCUT2D eigenvalue weighted by Crippen LogP contribution is -2.34. The molecule has 0 radical (unpaired) electrons. The van der Waals surface area contributed by atoms with Crippen molar-refractivity contribution in [2.45, 2.75) is 10.4 Å². The van der Waals surface area contributed by atoms with E-state index in [0.29, 0.717) is 4.31 Å². The SMILES string of the molecule is O=C(O)[C@@H]1CN(S(=O)(=O)c2cccs2)C[C@H]1C(F)(F)F. The summed E-state index contributed by atoms with van der Waals surface area (Å²) in [6.07, 6.45) is -4.75. The average Bonchev–Trinajstić information content (AvgIpc) is 2.98. The second-order valence-corrected chi connectivity index (χ2v) is 7.46. The van der Waals surface area contributed by atoms with Gasteiger partial charge in [-0.25, -0.2) is 8.42 Å². The molecule has 0 spiro atoms. The number of carboxylic acids is 1. The van der Waals surface area contributed by atoms with Crippen molar-refractivity contribution in [1.82, 2.24) is 4.31 Å². The number of carbonyl (C=O) groups is 1. The Morgan fingerprint density at radius 3 is 2.45 bits per heavy atom. The van der Waals surface area contributed by atoms with Gasteiger partial charge in [0.25, 0.3) is 10.0 Å². The van der Waals surface area contributed by atoms with Crippen molar-refractivity contribution in [3.8, 4) is 0 Å². The van der Waals surface area contributed by atoms with Crippen LogP contribution in [0.5, 0.6) is 0 Å². The van der Waals surface area contributed by atoms with Crippen LogP contribution in [-0.4, -0.2) is 43.1 Å². The summed E-state index contributed by atoms with van der Waals surface area (Å²) >= 11 is 0.877. The Morgan fingerprint density at radius 2 is 2.05 bits per heavy atom. The minimum absolute atomic E-state index is 0.0931. The normalized spacial score (nSPS) is 24.9. The highest BCUT2D eigenvalue weighted by atomic mass is 32.2. The maximum atomic E-state index is 12.8. The van der Waals surface area contributed by atoms with Gasteiger partial charge in [-0.15, -0.1) is 11.3 Å². The summed E-state index contributed by atoms with van der Waals surface area (Å²) in [5.74, 6) is -5.60. The Hall–Kier alpha value is -1.13. The molecule has 0 bridgehead atoms. The van der Waals surface area contributed by atoms with Crippen molar-refractivity contribution < 1.29 is 31.5 Å². The van der Waals surface area contributed by atoms with Gasteiger partial charge in [-0.3, -0.25) is 4.79 Å². The van der Waals surface area contributed by atoms with Crippen molar-refractivity contribution in [1.29, 1.82) is 0 Å².